The average molecular weight is 335 g/mol. The molecule has 1 aromatic carbocycles. The molecule has 0 fully saturated rings. The zero-order valence-corrected chi connectivity index (χ0v) is 13.8. The second-order valence-electron chi connectivity index (χ2n) is 6.17. The van der Waals surface area contributed by atoms with Crippen molar-refractivity contribution in [3.63, 3.8) is 0 Å². The summed E-state index contributed by atoms with van der Waals surface area (Å²) in [5.74, 6) is 0.477. The Balaban J connectivity index is 1.93. The monoisotopic (exact) mass is 335 g/mol. The number of hydrogen-bond donors (Lipinski definition) is 1. The minimum absolute atomic E-state index is 0.128. The van der Waals surface area contributed by atoms with Gasteiger partial charge in [0.25, 0.3) is 0 Å². The Morgan fingerprint density at radius 2 is 2.16 bits per heavy atom. The summed E-state index contributed by atoms with van der Waals surface area (Å²) in [6.07, 6.45) is 5.81. The highest BCUT2D eigenvalue weighted by atomic mass is 16.5. The second-order valence-corrected chi connectivity index (χ2v) is 6.17. The van der Waals surface area contributed by atoms with Crippen LogP contribution in [-0.2, 0) is 17.6 Å². The Morgan fingerprint density at radius 1 is 1.36 bits per heavy atom. The number of hydrogen-bond acceptors (Lipinski definition) is 5. The predicted molar refractivity (Wildman–Crippen MR) is 92.6 cm³/mol. The molecule has 1 aliphatic carbocycles. The fourth-order valence-corrected chi connectivity index (χ4v) is 3.52. The number of nitrogen functional groups attached to an aromatic ring is 1. The first kappa shape index (κ1) is 15.3. The molecular weight excluding hydrogens is 318 g/mol. The Labute approximate surface area is 144 Å². The molecule has 2 N–H and O–H groups in total. The summed E-state index contributed by atoms with van der Waals surface area (Å²) in [6.45, 7) is 0. The summed E-state index contributed by atoms with van der Waals surface area (Å²) >= 11 is 0. The summed E-state index contributed by atoms with van der Waals surface area (Å²) in [4.78, 5) is 12.2. The number of nitrogens with two attached hydrogens (primary N) is 1. The van der Waals surface area contributed by atoms with Crippen LogP contribution in [0.15, 0.2) is 28.8 Å². The van der Waals surface area contributed by atoms with E-state index < -0.39 is 5.97 Å². The molecule has 0 saturated carbocycles. The highest BCUT2D eigenvalue weighted by Gasteiger charge is 2.23. The first-order chi connectivity index (χ1) is 12.1. The van der Waals surface area contributed by atoms with Crippen LogP contribution in [0.2, 0.25) is 0 Å². The van der Waals surface area contributed by atoms with E-state index in [1.807, 2.05) is 24.3 Å². The molecule has 6 heteroatoms. The molecule has 0 unspecified atom stereocenters. The number of benzene rings is 1. The first-order valence-electron chi connectivity index (χ1n) is 8.18. The third-order valence-corrected chi connectivity index (χ3v) is 4.76. The number of furan rings is 1. The molecule has 126 valence electrons. The molecule has 1 aliphatic rings. The van der Waals surface area contributed by atoms with Crippen molar-refractivity contribution in [1.29, 1.82) is 5.26 Å². The van der Waals surface area contributed by atoms with Gasteiger partial charge < -0.3 is 19.5 Å². The van der Waals surface area contributed by atoms with Crippen molar-refractivity contribution in [2.45, 2.75) is 25.7 Å². The Bertz CT molecular complexity index is 1040. The van der Waals surface area contributed by atoms with Crippen molar-refractivity contribution in [3.8, 4) is 11.8 Å². The topological polar surface area (TPSA) is 94.2 Å². The number of anilines is 1. The van der Waals surface area contributed by atoms with E-state index in [0.29, 0.717) is 0 Å². The van der Waals surface area contributed by atoms with Crippen LogP contribution in [0.5, 0.6) is 0 Å². The first-order valence-corrected chi connectivity index (χ1v) is 8.18. The minimum atomic E-state index is -0.576. The standard InChI is InChI=1S/C19H17N3O3/c1-24-19(23)18-17(21)11(9-20)10-22(18)12-6-7-16-14(8-12)13-4-2-3-5-15(13)25-16/h6-8,10H,2-5,21H2,1H3. The molecule has 0 spiro atoms. The van der Waals surface area contributed by atoms with Gasteiger partial charge in [-0.3, -0.25) is 0 Å². The van der Waals surface area contributed by atoms with Gasteiger partial charge in [0.15, 0.2) is 5.69 Å². The van der Waals surface area contributed by atoms with E-state index in [0.717, 1.165) is 48.1 Å². The minimum Gasteiger partial charge on any atom is -0.464 e. The van der Waals surface area contributed by atoms with Gasteiger partial charge in [0.1, 0.15) is 17.4 Å². The van der Waals surface area contributed by atoms with E-state index in [-0.39, 0.29) is 16.9 Å². The fraction of sp³-hybridized carbons (Fsp3) is 0.263. The SMILES string of the molecule is COC(=O)c1c(N)c(C#N)cn1-c1ccc2oc3c(c2c1)CCCC3. The zero-order valence-electron chi connectivity index (χ0n) is 13.8. The van der Waals surface area contributed by atoms with Gasteiger partial charge in [0.2, 0.25) is 0 Å². The number of nitrogens with zero attached hydrogens (tertiary/aromatic N) is 2. The van der Waals surface area contributed by atoms with E-state index in [9.17, 15) is 10.1 Å². The maximum absolute atomic E-state index is 12.2. The van der Waals surface area contributed by atoms with Crippen LogP contribution in [-0.4, -0.2) is 17.6 Å². The molecule has 0 saturated heterocycles. The number of carbonyl (C=O) groups is 1. The van der Waals surface area contributed by atoms with Crippen LogP contribution in [0.1, 0.15) is 40.2 Å². The normalized spacial score (nSPS) is 13.4. The number of rotatable bonds is 2. The molecule has 3 aromatic rings. The Hall–Kier alpha value is -3.20. The summed E-state index contributed by atoms with van der Waals surface area (Å²) in [5.41, 5.74) is 9.33. The number of aromatic nitrogens is 1. The summed E-state index contributed by atoms with van der Waals surface area (Å²) in [5, 5.41) is 10.3. The third-order valence-electron chi connectivity index (χ3n) is 4.76. The summed E-state index contributed by atoms with van der Waals surface area (Å²) < 4.78 is 12.4. The molecule has 0 radical (unpaired) electrons. The summed E-state index contributed by atoms with van der Waals surface area (Å²) in [7, 11) is 1.29. The van der Waals surface area contributed by atoms with E-state index >= 15 is 0 Å². The number of esters is 1. The third kappa shape index (κ3) is 2.28. The van der Waals surface area contributed by atoms with Crippen molar-refractivity contribution >= 4 is 22.6 Å². The van der Waals surface area contributed by atoms with E-state index in [1.165, 1.54) is 12.7 Å². The molecule has 2 heterocycles. The molecule has 4 rings (SSSR count). The molecule has 6 nitrogen and oxygen atoms in total. The number of nitriles is 1. The zero-order chi connectivity index (χ0) is 17.6. The van der Waals surface area contributed by atoms with Crippen molar-refractivity contribution in [2.75, 3.05) is 12.8 Å². The van der Waals surface area contributed by atoms with Gasteiger partial charge in [-0.1, -0.05) is 0 Å². The lowest BCUT2D eigenvalue weighted by Crippen LogP contribution is -2.11. The lowest BCUT2D eigenvalue weighted by molar-refractivity contribution is 0.0593. The smallest absolute Gasteiger partial charge is 0.357 e. The molecular formula is C19H17N3O3. The van der Waals surface area contributed by atoms with Gasteiger partial charge in [0.05, 0.1) is 18.4 Å². The van der Waals surface area contributed by atoms with E-state index in [1.54, 1.807) is 10.8 Å². The second kappa shape index (κ2) is 5.71. The predicted octanol–water partition coefficient (Wildman–Crippen LogP) is 3.34. The molecule has 0 amide bonds. The van der Waals surface area contributed by atoms with Crippen molar-refractivity contribution < 1.29 is 13.9 Å². The number of fused-ring (bicyclic) bond motifs is 3. The number of aryl methyl sites for hydroxylation is 2. The average Bonchev–Trinajstić information content (AvgIpc) is 3.18. The van der Waals surface area contributed by atoms with Gasteiger partial charge in [-0.25, -0.2) is 4.79 Å². The largest absolute Gasteiger partial charge is 0.464 e. The summed E-state index contributed by atoms with van der Waals surface area (Å²) in [6, 6.07) is 7.74. The highest BCUT2D eigenvalue weighted by molar-refractivity contribution is 5.96. The molecule has 0 atom stereocenters. The Morgan fingerprint density at radius 3 is 2.92 bits per heavy atom. The molecule has 0 bridgehead atoms. The highest BCUT2D eigenvalue weighted by Crippen LogP contribution is 2.34. The van der Waals surface area contributed by atoms with Crippen LogP contribution >= 0.6 is 0 Å². The molecule has 2 aromatic heterocycles. The van der Waals surface area contributed by atoms with Crippen molar-refractivity contribution in [3.05, 3.63) is 47.0 Å². The van der Waals surface area contributed by atoms with Gasteiger partial charge in [-0.05, 0) is 37.5 Å². The maximum atomic E-state index is 12.2. The van der Waals surface area contributed by atoms with E-state index in [4.69, 9.17) is 14.9 Å². The van der Waals surface area contributed by atoms with Crippen LogP contribution in [0.3, 0.4) is 0 Å². The van der Waals surface area contributed by atoms with Crippen molar-refractivity contribution in [2.24, 2.45) is 0 Å². The lowest BCUT2D eigenvalue weighted by Gasteiger charge is -2.10. The van der Waals surface area contributed by atoms with Crippen molar-refractivity contribution in [1.82, 2.24) is 4.57 Å². The maximum Gasteiger partial charge on any atom is 0.357 e. The van der Waals surface area contributed by atoms with Crippen LogP contribution in [0, 0.1) is 11.3 Å². The van der Waals surface area contributed by atoms with Gasteiger partial charge in [-0.2, -0.15) is 5.26 Å². The van der Waals surface area contributed by atoms with Crippen LogP contribution in [0.25, 0.3) is 16.7 Å². The number of methoxy groups -OCH3 is 1. The molecule has 0 aliphatic heterocycles. The fourth-order valence-electron chi connectivity index (χ4n) is 3.52. The van der Waals surface area contributed by atoms with Gasteiger partial charge in [-0.15, -0.1) is 0 Å². The lowest BCUT2D eigenvalue weighted by atomic mass is 9.96. The van der Waals surface area contributed by atoms with Crippen LogP contribution in [0.4, 0.5) is 5.69 Å². The van der Waals surface area contributed by atoms with Crippen LogP contribution < -0.4 is 5.73 Å². The molecule has 25 heavy (non-hydrogen) atoms. The Kier molecular flexibility index (Phi) is 3.50. The number of ether oxygens (including phenoxy) is 1. The van der Waals surface area contributed by atoms with Gasteiger partial charge in [0, 0.05) is 29.3 Å². The quantitative estimate of drug-likeness (QED) is 0.725. The van der Waals surface area contributed by atoms with Gasteiger partial charge >= 0.3 is 5.97 Å². The number of carbonyl (C=O) groups excluding carboxylic acids is 1. The van der Waals surface area contributed by atoms with E-state index in [2.05, 4.69) is 0 Å².